The van der Waals surface area contributed by atoms with E-state index in [2.05, 4.69) is 20.6 Å². The van der Waals surface area contributed by atoms with Gasteiger partial charge in [0.1, 0.15) is 29.3 Å². The lowest BCUT2D eigenvalue weighted by atomic mass is 9.92. The Morgan fingerprint density at radius 2 is 2.13 bits per heavy atom. The second-order valence-electron chi connectivity index (χ2n) is 7.25. The normalized spacial score (nSPS) is 19.5. The molecule has 1 aromatic carbocycles. The zero-order valence-electron chi connectivity index (χ0n) is 16.8. The molecule has 1 aromatic heterocycles. The summed E-state index contributed by atoms with van der Waals surface area (Å²) in [5.41, 5.74) is 14.8. The second kappa shape index (κ2) is 8.88. The molecule has 0 saturated carbocycles. The number of nitrogens with one attached hydrogen (secondary N) is 2. The van der Waals surface area contributed by atoms with E-state index >= 15 is 0 Å². The lowest BCUT2D eigenvalue weighted by Gasteiger charge is -2.27. The molecule has 10 heteroatoms. The number of aromatic nitrogens is 1. The molecule has 2 aliphatic rings. The first-order valence-electron chi connectivity index (χ1n) is 9.88. The number of nitrogen functional groups attached to an aromatic ring is 2. The van der Waals surface area contributed by atoms with Gasteiger partial charge in [-0.1, -0.05) is 24.3 Å². The number of guanidine groups is 1. The van der Waals surface area contributed by atoms with E-state index in [1.807, 2.05) is 36.5 Å². The van der Waals surface area contributed by atoms with Crippen LogP contribution < -0.4 is 22.1 Å². The van der Waals surface area contributed by atoms with E-state index in [1.54, 1.807) is 0 Å². The number of hydrogen-bond donors (Lipinski definition) is 4. The number of pyridine rings is 1. The molecule has 1 saturated heterocycles. The molecule has 2 atom stereocenters. The van der Waals surface area contributed by atoms with Crippen LogP contribution in [0.25, 0.3) is 0 Å². The molecule has 0 amide bonds. The molecule has 31 heavy (non-hydrogen) atoms. The summed E-state index contributed by atoms with van der Waals surface area (Å²) in [4.78, 5) is 8.90. The molecule has 3 heterocycles. The lowest BCUT2D eigenvalue weighted by Crippen LogP contribution is -2.33. The Labute approximate surface area is 179 Å². The van der Waals surface area contributed by atoms with E-state index in [1.165, 1.54) is 0 Å². The zero-order chi connectivity index (χ0) is 21.8. The van der Waals surface area contributed by atoms with Crippen LogP contribution in [0.2, 0.25) is 0 Å². The average Bonchev–Trinajstić information content (AvgIpc) is 3.27. The first-order valence-corrected chi connectivity index (χ1v) is 9.88. The molecule has 158 valence electrons. The third-order valence-electron chi connectivity index (χ3n) is 5.29. The summed E-state index contributed by atoms with van der Waals surface area (Å²) in [6.45, 7) is 1.65. The number of nitriles is 2. The van der Waals surface area contributed by atoms with Crippen LogP contribution in [0.5, 0.6) is 0 Å². The maximum atomic E-state index is 9.47. The van der Waals surface area contributed by atoms with Gasteiger partial charge in [0.15, 0.2) is 6.19 Å². The van der Waals surface area contributed by atoms with Crippen molar-refractivity contribution in [3.63, 3.8) is 0 Å². The molecule has 1 fully saturated rings. The van der Waals surface area contributed by atoms with E-state index in [9.17, 15) is 5.26 Å². The number of fused-ring (bicyclic) bond motifs is 1. The van der Waals surface area contributed by atoms with Crippen LogP contribution in [0.15, 0.2) is 29.3 Å². The molecule has 4 rings (SSSR count). The number of aliphatic imine (C=N–C) groups is 1. The third-order valence-corrected chi connectivity index (χ3v) is 5.29. The Kier molecular flexibility index (Phi) is 5.85. The van der Waals surface area contributed by atoms with Gasteiger partial charge in [0, 0.05) is 12.2 Å². The first kappa shape index (κ1) is 20.4. The quantitative estimate of drug-likeness (QED) is 0.417. The molecule has 6 N–H and O–H groups in total. The van der Waals surface area contributed by atoms with Crippen molar-refractivity contribution in [2.75, 3.05) is 30.0 Å². The van der Waals surface area contributed by atoms with E-state index in [0.29, 0.717) is 24.6 Å². The number of nitrogens with two attached hydrogens (primary N) is 2. The van der Waals surface area contributed by atoms with Gasteiger partial charge in [-0.3, -0.25) is 5.32 Å². The molecule has 2 aromatic rings. The number of rotatable bonds is 5. The fourth-order valence-electron chi connectivity index (χ4n) is 3.81. The van der Waals surface area contributed by atoms with Crippen molar-refractivity contribution in [3.8, 4) is 12.3 Å². The Balaban J connectivity index is 1.72. The van der Waals surface area contributed by atoms with Crippen molar-refractivity contribution in [1.29, 1.82) is 10.5 Å². The molecule has 2 unspecified atom stereocenters. The van der Waals surface area contributed by atoms with Gasteiger partial charge in [-0.25, -0.2) is 9.98 Å². The van der Waals surface area contributed by atoms with Crippen molar-refractivity contribution in [2.24, 2.45) is 4.99 Å². The number of benzene rings is 1. The van der Waals surface area contributed by atoms with Crippen LogP contribution in [-0.2, 0) is 16.1 Å². The van der Waals surface area contributed by atoms with Gasteiger partial charge in [0.2, 0.25) is 5.96 Å². The topological polar surface area (TPSA) is 167 Å². The van der Waals surface area contributed by atoms with Gasteiger partial charge in [0.05, 0.1) is 25.0 Å². The Bertz CT molecular complexity index is 1100. The molecule has 2 aliphatic heterocycles. The summed E-state index contributed by atoms with van der Waals surface area (Å²) in [5.74, 6) is 0.573. The van der Waals surface area contributed by atoms with Gasteiger partial charge >= 0.3 is 0 Å². The highest BCUT2D eigenvalue weighted by Gasteiger charge is 2.30. The molecule has 0 spiro atoms. The van der Waals surface area contributed by atoms with E-state index in [4.69, 9.17) is 26.2 Å². The van der Waals surface area contributed by atoms with Crippen LogP contribution in [-0.4, -0.2) is 30.3 Å². The zero-order valence-corrected chi connectivity index (χ0v) is 16.8. The summed E-state index contributed by atoms with van der Waals surface area (Å²) >= 11 is 0. The standard InChI is InChI=1S/C21H22N8O2/c22-8-15-17(24)16-18(27-21(26-11-23)29-20(16)28-19(15)25)14-6-2-1-4-12(14)9-30-10-13-5-3-7-31-13/h1-2,4,6,13,18H,3,5,7,9-10H2,(H6,24,25,26,27,28,29). The second-order valence-corrected chi connectivity index (χ2v) is 7.25. The number of ether oxygens (including phenoxy) is 2. The fraction of sp³-hybridized carbons (Fsp3) is 0.333. The van der Waals surface area contributed by atoms with Gasteiger partial charge in [-0.15, -0.1) is 0 Å². The summed E-state index contributed by atoms with van der Waals surface area (Å²) < 4.78 is 11.5. The van der Waals surface area contributed by atoms with Crippen LogP contribution in [0, 0.1) is 22.8 Å². The Morgan fingerprint density at radius 1 is 1.29 bits per heavy atom. The minimum absolute atomic E-state index is 0.0105. The van der Waals surface area contributed by atoms with E-state index < -0.39 is 6.04 Å². The van der Waals surface area contributed by atoms with Crippen molar-refractivity contribution >= 4 is 23.3 Å². The average molecular weight is 418 g/mol. The third kappa shape index (κ3) is 4.08. The van der Waals surface area contributed by atoms with Gasteiger partial charge in [0.25, 0.3) is 0 Å². The number of hydrogen-bond acceptors (Lipinski definition) is 10. The Hall–Kier alpha value is -3.86. The minimum atomic E-state index is -0.602. The lowest BCUT2D eigenvalue weighted by molar-refractivity contribution is 0.0104. The number of nitrogens with zero attached hydrogens (tertiary/aromatic N) is 4. The molecular weight excluding hydrogens is 396 g/mol. The highest BCUT2D eigenvalue weighted by molar-refractivity contribution is 5.98. The van der Waals surface area contributed by atoms with Crippen LogP contribution in [0.1, 0.15) is 41.1 Å². The summed E-state index contributed by atoms with van der Waals surface area (Å²) in [7, 11) is 0. The Morgan fingerprint density at radius 3 is 2.87 bits per heavy atom. The maximum absolute atomic E-state index is 9.47. The molecular formula is C21H22N8O2. The molecule has 0 bridgehead atoms. The van der Waals surface area contributed by atoms with Gasteiger partial charge < -0.3 is 26.3 Å². The van der Waals surface area contributed by atoms with Gasteiger partial charge in [-0.05, 0) is 24.0 Å². The predicted molar refractivity (Wildman–Crippen MR) is 114 cm³/mol. The van der Waals surface area contributed by atoms with Crippen molar-refractivity contribution < 1.29 is 9.47 Å². The van der Waals surface area contributed by atoms with Crippen LogP contribution >= 0.6 is 0 Å². The number of anilines is 3. The van der Waals surface area contributed by atoms with Crippen LogP contribution in [0.3, 0.4) is 0 Å². The van der Waals surface area contributed by atoms with E-state index in [-0.39, 0.29) is 29.1 Å². The summed E-state index contributed by atoms with van der Waals surface area (Å²) in [5, 5.41) is 24.0. The smallest absolute Gasteiger partial charge is 0.211 e. The van der Waals surface area contributed by atoms with Crippen molar-refractivity contribution in [3.05, 3.63) is 46.5 Å². The summed E-state index contributed by atoms with van der Waals surface area (Å²) in [6.07, 6.45) is 4.02. The largest absolute Gasteiger partial charge is 0.397 e. The monoisotopic (exact) mass is 418 g/mol. The molecule has 0 radical (unpaired) electrons. The predicted octanol–water partition coefficient (Wildman–Crippen LogP) is 1.75. The van der Waals surface area contributed by atoms with Crippen molar-refractivity contribution in [2.45, 2.75) is 31.6 Å². The first-order chi connectivity index (χ1) is 15.1. The van der Waals surface area contributed by atoms with Crippen molar-refractivity contribution in [1.82, 2.24) is 10.3 Å². The molecule has 10 nitrogen and oxygen atoms in total. The highest BCUT2D eigenvalue weighted by Crippen LogP contribution is 2.41. The summed E-state index contributed by atoms with van der Waals surface area (Å²) in [6, 6.07) is 9.08. The fourth-order valence-corrected chi connectivity index (χ4v) is 3.81. The van der Waals surface area contributed by atoms with E-state index in [0.717, 1.165) is 30.6 Å². The maximum Gasteiger partial charge on any atom is 0.211 e. The van der Waals surface area contributed by atoms with Crippen LogP contribution in [0.4, 0.5) is 17.3 Å². The highest BCUT2D eigenvalue weighted by atomic mass is 16.5. The molecule has 0 aliphatic carbocycles. The SMILES string of the molecule is N#CNC1=NC(c2ccccc2COCC2CCCO2)c2c(nc(N)c(C#N)c2N)N1. The minimum Gasteiger partial charge on any atom is -0.397 e. The van der Waals surface area contributed by atoms with Gasteiger partial charge in [-0.2, -0.15) is 10.5 Å².